The van der Waals surface area contributed by atoms with Crippen LogP contribution in [0.3, 0.4) is 0 Å². The largest absolute Gasteiger partial charge is 0.327 e. The zero-order valence-corrected chi connectivity index (χ0v) is 9.78. The molecular weight excluding hydrogens is 146 g/mol. The van der Waals surface area contributed by atoms with Crippen molar-refractivity contribution in [2.45, 2.75) is 66.8 Å². The Balaban J connectivity index is 0. The van der Waals surface area contributed by atoms with E-state index < -0.39 is 0 Å². The number of hydrogen-bond donors (Lipinski definition) is 1. The smallest absolute Gasteiger partial charge is 0.00875 e. The molecule has 0 aliphatic rings. The minimum atomic E-state index is 0.288. The molecule has 0 rings (SSSR count). The molecule has 0 fully saturated rings. The Morgan fingerprint density at radius 1 is 1.08 bits per heavy atom. The van der Waals surface area contributed by atoms with Crippen LogP contribution in [0, 0.1) is 5.41 Å². The summed E-state index contributed by atoms with van der Waals surface area (Å²) in [5, 5.41) is 0. The Bertz CT molecular complexity index is 81.5. The molecule has 0 aliphatic carbocycles. The van der Waals surface area contributed by atoms with Crippen LogP contribution in [0.15, 0.2) is 0 Å². The maximum absolute atomic E-state index is 5.86. The third-order valence-electron chi connectivity index (χ3n) is 1.71. The molecule has 1 nitrogen and oxygen atoms in total. The summed E-state index contributed by atoms with van der Waals surface area (Å²) in [6, 6.07) is 0.363. The summed E-state index contributed by atoms with van der Waals surface area (Å²) in [5.41, 5.74) is 6.15. The van der Waals surface area contributed by atoms with Crippen LogP contribution in [0.1, 0.15) is 60.8 Å². The summed E-state index contributed by atoms with van der Waals surface area (Å²) in [6.45, 7) is 13.0. The summed E-state index contributed by atoms with van der Waals surface area (Å²) >= 11 is 0. The van der Waals surface area contributed by atoms with Crippen molar-refractivity contribution in [1.82, 2.24) is 0 Å². The van der Waals surface area contributed by atoms with Crippen molar-refractivity contribution >= 4 is 0 Å². The Labute approximate surface area is 78.7 Å². The highest BCUT2D eigenvalue weighted by atomic mass is 14.7. The van der Waals surface area contributed by atoms with E-state index in [1.807, 2.05) is 0 Å². The maximum Gasteiger partial charge on any atom is 0.00875 e. The van der Waals surface area contributed by atoms with Gasteiger partial charge in [-0.05, 0) is 11.8 Å². The monoisotopic (exact) mass is 173 g/mol. The summed E-state index contributed by atoms with van der Waals surface area (Å²) < 4.78 is 0. The first-order valence-electron chi connectivity index (χ1n) is 5.15. The van der Waals surface area contributed by atoms with Gasteiger partial charge in [-0.2, -0.15) is 0 Å². The average molecular weight is 173 g/mol. The van der Waals surface area contributed by atoms with Gasteiger partial charge >= 0.3 is 0 Å². The van der Waals surface area contributed by atoms with E-state index in [4.69, 9.17) is 5.73 Å². The van der Waals surface area contributed by atoms with Gasteiger partial charge in [-0.1, -0.05) is 54.4 Å². The van der Waals surface area contributed by atoms with Crippen LogP contribution in [-0.4, -0.2) is 6.04 Å². The lowest BCUT2D eigenvalue weighted by molar-refractivity contribution is 0.304. The SMILES string of the molecule is CCC.CCCC(N)C(C)(C)C. The summed E-state index contributed by atoms with van der Waals surface area (Å²) in [5.74, 6) is 0. The van der Waals surface area contributed by atoms with Gasteiger partial charge in [0.2, 0.25) is 0 Å². The van der Waals surface area contributed by atoms with Gasteiger partial charge in [0.15, 0.2) is 0 Å². The normalized spacial score (nSPS) is 13.2. The van der Waals surface area contributed by atoms with Crippen LogP contribution in [0.2, 0.25) is 0 Å². The van der Waals surface area contributed by atoms with E-state index in [2.05, 4.69) is 41.5 Å². The lowest BCUT2D eigenvalue weighted by atomic mass is 9.85. The van der Waals surface area contributed by atoms with Gasteiger partial charge in [-0.15, -0.1) is 0 Å². The van der Waals surface area contributed by atoms with Crippen molar-refractivity contribution in [2.24, 2.45) is 11.1 Å². The van der Waals surface area contributed by atoms with E-state index in [0.29, 0.717) is 6.04 Å². The second-order valence-corrected chi connectivity index (χ2v) is 4.47. The Morgan fingerprint density at radius 3 is 1.50 bits per heavy atom. The van der Waals surface area contributed by atoms with Gasteiger partial charge in [0.05, 0.1) is 0 Å². The topological polar surface area (TPSA) is 26.0 Å². The van der Waals surface area contributed by atoms with Gasteiger partial charge in [0.25, 0.3) is 0 Å². The molecule has 0 aliphatic heterocycles. The molecular formula is C11H27N. The van der Waals surface area contributed by atoms with E-state index in [1.54, 1.807) is 0 Å². The minimum Gasteiger partial charge on any atom is -0.327 e. The van der Waals surface area contributed by atoms with Crippen LogP contribution in [0.4, 0.5) is 0 Å². The van der Waals surface area contributed by atoms with Crippen LogP contribution in [0.25, 0.3) is 0 Å². The van der Waals surface area contributed by atoms with E-state index in [1.165, 1.54) is 12.8 Å². The molecule has 1 unspecified atom stereocenters. The fourth-order valence-corrected chi connectivity index (χ4v) is 0.744. The molecule has 0 bridgehead atoms. The van der Waals surface area contributed by atoms with Crippen LogP contribution in [0.5, 0.6) is 0 Å². The van der Waals surface area contributed by atoms with Gasteiger partial charge in [0.1, 0.15) is 0 Å². The van der Waals surface area contributed by atoms with Gasteiger partial charge in [0, 0.05) is 6.04 Å². The lowest BCUT2D eigenvalue weighted by Crippen LogP contribution is -2.34. The second kappa shape index (κ2) is 7.60. The van der Waals surface area contributed by atoms with Crippen molar-refractivity contribution in [2.75, 3.05) is 0 Å². The fourth-order valence-electron chi connectivity index (χ4n) is 0.744. The summed E-state index contributed by atoms with van der Waals surface area (Å²) in [6.07, 6.45) is 3.59. The molecule has 1 atom stereocenters. The van der Waals surface area contributed by atoms with Gasteiger partial charge in [-0.3, -0.25) is 0 Å². The van der Waals surface area contributed by atoms with Crippen molar-refractivity contribution in [1.29, 1.82) is 0 Å². The van der Waals surface area contributed by atoms with Crippen molar-refractivity contribution in [3.8, 4) is 0 Å². The molecule has 0 heterocycles. The molecule has 0 amide bonds. The molecule has 2 N–H and O–H groups in total. The minimum absolute atomic E-state index is 0.288. The van der Waals surface area contributed by atoms with Crippen molar-refractivity contribution in [3.63, 3.8) is 0 Å². The Hall–Kier alpha value is -0.0400. The highest BCUT2D eigenvalue weighted by Crippen LogP contribution is 2.20. The molecule has 0 radical (unpaired) electrons. The zero-order chi connectivity index (χ0) is 10.2. The van der Waals surface area contributed by atoms with Crippen LogP contribution >= 0.6 is 0 Å². The van der Waals surface area contributed by atoms with E-state index >= 15 is 0 Å². The summed E-state index contributed by atoms with van der Waals surface area (Å²) in [4.78, 5) is 0. The van der Waals surface area contributed by atoms with Gasteiger partial charge in [-0.25, -0.2) is 0 Å². The molecule has 12 heavy (non-hydrogen) atoms. The third-order valence-corrected chi connectivity index (χ3v) is 1.71. The van der Waals surface area contributed by atoms with Crippen molar-refractivity contribution in [3.05, 3.63) is 0 Å². The number of rotatable bonds is 2. The first-order valence-corrected chi connectivity index (χ1v) is 5.15. The first-order chi connectivity index (χ1) is 5.40. The number of nitrogens with two attached hydrogens (primary N) is 1. The van der Waals surface area contributed by atoms with E-state index in [9.17, 15) is 0 Å². The number of hydrogen-bond acceptors (Lipinski definition) is 1. The van der Waals surface area contributed by atoms with E-state index in [-0.39, 0.29) is 5.41 Å². The molecule has 0 saturated carbocycles. The van der Waals surface area contributed by atoms with Gasteiger partial charge < -0.3 is 5.73 Å². The average Bonchev–Trinajstić information content (AvgIpc) is 1.88. The highest BCUT2D eigenvalue weighted by molar-refractivity contribution is 4.75. The third kappa shape index (κ3) is 9.96. The quantitative estimate of drug-likeness (QED) is 0.678. The second-order valence-electron chi connectivity index (χ2n) is 4.47. The molecule has 1 heteroatoms. The molecule has 0 spiro atoms. The molecule has 76 valence electrons. The molecule has 0 aromatic rings. The van der Waals surface area contributed by atoms with Crippen LogP contribution in [-0.2, 0) is 0 Å². The lowest BCUT2D eigenvalue weighted by Gasteiger charge is -2.26. The standard InChI is InChI=1S/C8H19N.C3H8/c1-5-6-7(9)8(2,3)4;1-3-2/h7H,5-6,9H2,1-4H3;3H2,1-2H3. The Morgan fingerprint density at radius 2 is 1.42 bits per heavy atom. The Kier molecular flexibility index (Phi) is 9.17. The van der Waals surface area contributed by atoms with Crippen molar-refractivity contribution < 1.29 is 0 Å². The molecule has 0 saturated heterocycles. The summed E-state index contributed by atoms with van der Waals surface area (Å²) in [7, 11) is 0. The highest BCUT2D eigenvalue weighted by Gasteiger charge is 2.18. The zero-order valence-electron chi connectivity index (χ0n) is 9.78. The predicted molar refractivity (Wildman–Crippen MR) is 58.3 cm³/mol. The fraction of sp³-hybridized carbons (Fsp3) is 1.00. The predicted octanol–water partition coefficient (Wildman–Crippen LogP) is 3.58. The van der Waals surface area contributed by atoms with E-state index in [0.717, 1.165) is 6.42 Å². The maximum atomic E-state index is 5.86. The first kappa shape index (κ1) is 14.5. The molecule has 0 aromatic carbocycles. The molecule has 0 aromatic heterocycles. The van der Waals surface area contributed by atoms with Crippen LogP contribution < -0.4 is 5.73 Å².